The molecule has 0 fully saturated rings. The van der Waals surface area contributed by atoms with E-state index in [0.29, 0.717) is 0 Å². The number of carbonyl (C=O) groups is 2. The zero-order valence-electron chi connectivity index (χ0n) is 12.2. The van der Waals surface area contributed by atoms with Crippen LogP contribution in [0.15, 0.2) is 24.3 Å². The first kappa shape index (κ1) is 15.2. The number of hydrogen-bond acceptors (Lipinski definition) is 2. The number of carbonyl (C=O) groups excluding carboxylic acids is 2. The summed E-state index contributed by atoms with van der Waals surface area (Å²) in [6.45, 7) is 8.90. The number of benzene rings is 1. The van der Waals surface area contributed by atoms with E-state index in [0.717, 1.165) is 11.3 Å². The molecule has 2 amide bonds. The van der Waals surface area contributed by atoms with Gasteiger partial charge in [-0.15, -0.1) is 0 Å². The smallest absolute Gasteiger partial charge is 0.239 e. The standard InChI is InChI=1S/C15H22N2O2/c1-10(2)16-13(18)15(4,5)14(19)17-12-9-7-6-8-11(12)3/h6-10H,1-5H3,(H,16,18)(H,17,19). The van der Waals surface area contributed by atoms with Crippen molar-refractivity contribution in [3.05, 3.63) is 29.8 Å². The molecule has 0 bridgehead atoms. The quantitative estimate of drug-likeness (QED) is 0.819. The first-order chi connectivity index (χ1) is 8.75. The normalized spacial score (nSPS) is 11.3. The Labute approximate surface area is 114 Å². The molecule has 0 radical (unpaired) electrons. The minimum atomic E-state index is -1.10. The molecule has 0 aliphatic carbocycles. The predicted molar refractivity (Wildman–Crippen MR) is 76.9 cm³/mol. The van der Waals surface area contributed by atoms with Crippen molar-refractivity contribution < 1.29 is 9.59 Å². The molecular weight excluding hydrogens is 240 g/mol. The van der Waals surface area contributed by atoms with E-state index < -0.39 is 5.41 Å². The van der Waals surface area contributed by atoms with Gasteiger partial charge in [0.15, 0.2) is 0 Å². The van der Waals surface area contributed by atoms with Gasteiger partial charge in [0.05, 0.1) is 0 Å². The molecule has 1 aromatic carbocycles. The monoisotopic (exact) mass is 262 g/mol. The van der Waals surface area contributed by atoms with Crippen molar-refractivity contribution in [3.8, 4) is 0 Å². The maximum atomic E-state index is 12.2. The number of rotatable bonds is 4. The number of aryl methyl sites for hydroxylation is 1. The summed E-state index contributed by atoms with van der Waals surface area (Å²) in [5.41, 5.74) is 0.598. The van der Waals surface area contributed by atoms with E-state index in [4.69, 9.17) is 0 Å². The molecule has 4 heteroatoms. The molecule has 0 saturated carbocycles. The van der Waals surface area contributed by atoms with Crippen LogP contribution in [-0.4, -0.2) is 17.9 Å². The SMILES string of the molecule is Cc1ccccc1NC(=O)C(C)(C)C(=O)NC(C)C. The first-order valence-electron chi connectivity index (χ1n) is 6.43. The summed E-state index contributed by atoms with van der Waals surface area (Å²) in [5, 5.41) is 5.57. The van der Waals surface area contributed by atoms with Crippen LogP contribution in [0, 0.1) is 12.3 Å². The topological polar surface area (TPSA) is 58.2 Å². The Morgan fingerprint density at radius 3 is 2.21 bits per heavy atom. The summed E-state index contributed by atoms with van der Waals surface area (Å²) >= 11 is 0. The summed E-state index contributed by atoms with van der Waals surface area (Å²) in [7, 11) is 0. The Hall–Kier alpha value is -1.84. The molecule has 1 aromatic rings. The Balaban J connectivity index is 2.82. The van der Waals surface area contributed by atoms with Gasteiger partial charge in [-0.1, -0.05) is 18.2 Å². The Kier molecular flexibility index (Phi) is 4.70. The highest BCUT2D eigenvalue weighted by Crippen LogP contribution is 2.21. The molecule has 104 valence electrons. The van der Waals surface area contributed by atoms with Crippen molar-refractivity contribution in [2.75, 3.05) is 5.32 Å². The third-order valence-electron chi connectivity index (χ3n) is 2.95. The van der Waals surface area contributed by atoms with Gasteiger partial charge in [-0.3, -0.25) is 9.59 Å². The highest BCUT2D eigenvalue weighted by Gasteiger charge is 2.36. The molecule has 4 nitrogen and oxygen atoms in total. The largest absolute Gasteiger partial charge is 0.353 e. The maximum Gasteiger partial charge on any atom is 0.239 e. The van der Waals surface area contributed by atoms with Crippen LogP contribution in [0.5, 0.6) is 0 Å². The molecule has 0 unspecified atom stereocenters. The summed E-state index contributed by atoms with van der Waals surface area (Å²) in [5.74, 6) is -0.575. The second-order valence-corrected chi connectivity index (χ2v) is 5.52. The second-order valence-electron chi connectivity index (χ2n) is 5.52. The lowest BCUT2D eigenvalue weighted by Gasteiger charge is -2.24. The molecule has 2 N–H and O–H groups in total. The van der Waals surface area contributed by atoms with Crippen LogP contribution >= 0.6 is 0 Å². The highest BCUT2D eigenvalue weighted by molar-refractivity contribution is 6.10. The van der Waals surface area contributed by atoms with Crippen LogP contribution in [-0.2, 0) is 9.59 Å². The van der Waals surface area contributed by atoms with E-state index in [1.165, 1.54) is 0 Å². The van der Waals surface area contributed by atoms with Crippen molar-refractivity contribution in [3.63, 3.8) is 0 Å². The lowest BCUT2D eigenvalue weighted by Crippen LogP contribution is -2.47. The molecule has 0 aliphatic heterocycles. The van der Waals surface area contributed by atoms with Crippen molar-refractivity contribution in [1.82, 2.24) is 5.32 Å². The molecule has 0 aromatic heterocycles. The average Bonchev–Trinajstić information content (AvgIpc) is 2.31. The number of hydrogen-bond donors (Lipinski definition) is 2. The summed E-state index contributed by atoms with van der Waals surface area (Å²) in [4.78, 5) is 24.3. The minimum absolute atomic E-state index is 0.0121. The summed E-state index contributed by atoms with van der Waals surface area (Å²) in [6.07, 6.45) is 0. The molecular formula is C15H22N2O2. The van der Waals surface area contributed by atoms with Gasteiger partial charge in [-0.2, -0.15) is 0 Å². The van der Waals surface area contributed by atoms with Gasteiger partial charge in [-0.05, 0) is 46.2 Å². The molecule has 0 saturated heterocycles. The summed E-state index contributed by atoms with van der Waals surface area (Å²) < 4.78 is 0. The minimum Gasteiger partial charge on any atom is -0.353 e. The van der Waals surface area contributed by atoms with E-state index in [1.807, 2.05) is 45.0 Å². The van der Waals surface area contributed by atoms with Crippen LogP contribution in [0.2, 0.25) is 0 Å². The zero-order valence-corrected chi connectivity index (χ0v) is 12.2. The lowest BCUT2D eigenvalue weighted by molar-refractivity contribution is -0.138. The van der Waals surface area contributed by atoms with Gasteiger partial charge < -0.3 is 10.6 Å². The van der Waals surface area contributed by atoms with E-state index in [1.54, 1.807) is 13.8 Å². The third kappa shape index (κ3) is 3.81. The number of anilines is 1. The fourth-order valence-corrected chi connectivity index (χ4v) is 1.54. The number of nitrogens with one attached hydrogen (secondary N) is 2. The molecule has 0 aliphatic rings. The van der Waals surface area contributed by atoms with Gasteiger partial charge in [0, 0.05) is 11.7 Å². The average molecular weight is 262 g/mol. The molecule has 1 rings (SSSR count). The predicted octanol–water partition coefficient (Wildman–Crippen LogP) is 2.48. The van der Waals surface area contributed by atoms with Gasteiger partial charge in [-0.25, -0.2) is 0 Å². The van der Waals surface area contributed by atoms with Crippen LogP contribution in [0.1, 0.15) is 33.3 Å². The van der Waals surface area contributed by atoms with E-state index in [9.17, 15) is 9.59 Å². The summed E-state index contributed by atoms with van der Waals surface area (Å²) in [6, 6.07) is 7.50. The molecule has 0 spiro atoms. The van der Waals surface area contributed by atoms with Crippen molar-refractivity contribution >= 4 is 17.5 Å². The third-order valence-corrected chi connectivity index (χ3v) is 2.95. The Bertz CT molecular complexity index is 479. The van der Waals surface area contributed by atoms with E-state index >= 15 is 0 Å². The van der Waals surface area contributed by atoms with Crippen molar-refractivity contribution in [1.29, 1.82) is 0 Å². The zero-order chi connectivity index (χ0) is 14.6. The van der Waals surface area contributed by atoms with Crippen LogP contribution in [0.3, 0.4) is 0 Å². The van der Waals surface area contributed by atoms with Gasteiger partial charge in [0.25, 0.3) is 0 Å². The molecule has 19 heavy (non-hydrogen) atoms. The maximum absolute atomic E-state index is 12.2. The molecule has 0 heterocycles. The Morgan fingerprint density at radius 1 is 1.11 bits per heavy atom. The van der Waals surface area contributed by atoms with E-state index in [-0.39, 0.29) is 17.9 Å². The highest BCUT2D eigenvalue weighted by atomic mass is 16.2. The lowest BCUT2D eigenvalue weighted by atomic mass is 9.90. The van der Waals surface area contributed by atoms with Gasteiger partial charge in [0.2, 0.25) is 11.8 Å². The van der Waals surface area contributed by atoms with Crippen molar-refractivity contribution in [2.24, 2.45) is 5.41 Å². The van der Waals surface area contributed by atoms with Crippen LogP contribution < -0.4 is 10.6 Å². The molecule has 0 atom stereocenters. The fourth-order valence-electron chi connectivity index (χ4n) is 1.54. The number of amides is 2. The Morgan fingerprint density at radius 2 is 1.68 bits per heavy atom. The first-order valence-corrected chi connectivity index (χ1v) is 6.43. The fraction of sp³-hybridized carbons (Fsp3) is 0.467. The van der Waals surface area contributed by atoms with Crippen LogP contribution in [0.4, 0.5) is 5.69 Å². The van der Waals surface area contributed by atoms with Crippen LogP contribution in [0.25, 0.3) is 0 Å². The van der Waals surface area contributed by atoms with Gasteiger partial charge in [0.1, 0.15) is 5.41 Å². The van der Waals surface area contributed by atoms with E-state index in [2.05, 4.69) is 10.6 Å². The number of para-hydroxylation sites is 1. The van der Waals surface area contributed by atoms with Gasteiger partial charge >= 0.3 is 0 Å². The van der Waals surface area contributed by atoms with Crippen molar-refractivity contribution in [2.45, 2.75) is 40.7 Å². The second kappa shape index (κ2) is 5.87.